The molecule has 11 rings (SSSR count). The summed E-state index contributed by atoms with van der Waals surface area (Å²) in [6, 6.07) is 78.7. The first-order valence-electron chi connectivity index (χ1n) is 20.0. The van der Waals surface area contributed by atoms with Crippen LogP contribution in [0.15, 0.2) is 212 Å². The Morgan fingerprint density at radius 1 is 0.333 bits per heavy atom. The highest BCUT2D eigenvalue weighted by molar-refractivity contribution is 6.05. The fourth-order valence-corrected chi connectivity index (χ4v) is 10.1. The molecule has 0 amide bonds. The summed E-state index contributed by atoms with van der Waals surface area (Å²) in [5.74, 6) is 0. The third kappa shape index (κ3) is 4.95. The van der Waals surface area contributed by atoms with Gasteiger partial charge in [0, 0.05) is 22.5 Å². The first kappa shape index (κ1) is 33.4. The van der Waals surface area contributed by atoms with Crippen molar-refractivity contribution in [3.05, 3.63) is 246 Å². The quantitative estimate of drug-likeness (QED) is 0.165. The van der Waals surface area contributed by atoms with Crippen LogP contribution >= 0.6 is 0 Å². The van der Waals surface area contributed by atoms with Gasteiger partial charge in [0.25, 0.3) is 0 Å². The van der Waals surface area contributed by atoms with E-state index in [9.17, 15) is 0 Å². The fourth-order valence-electron chi connectivity index (χ4n) is 10.1. The minimum atomic E-state index is -0.476. The van der Waals surface area contributed by atoms with Crippen LogP contribution in [0.2, 0.25) is 0 Å². The predicted octanol–water partition coefficient (Wildman–Crippen LogP) is 14.6. The van der Waals surface area contributed by atoms with Gasteiger partial charge in [-0.1, -0.05) is 190 Å². The average Bonchev–Trinajstić information content (AvgIpc) is 3.50. The highest BCUT2D eigenvalue weighted by atomic mass is 15.1. The Bertz CT molecular complexity index is 2950. The van der Waals surface area contributed by atoms with Crippen molar-refractivity contribution in [2.75, 3.05) is 4.90 Å². The van der Waals surface area contributed by atoms with Crippen molar-refractivity contribution in [2.45, 2.75) is 24.7 Å². The van der Waals surface area contributed by atoms with E-state index in [0.717, 1.165) is 17.1 Å². The van der Waals surface area contributed by atoms with Gasteiger partial charge in [-0.15, -0.1) is 0 Å². The topological polar surface area (TPSA) is 3.24 Å². The molecule has 2 aliphatic carbocycles. The Labute approximate surface area is 335 Å². The first-order valence-corrected chi connectivity index (χ1v) is 20.0. The molecule has 0 radical (unpaired) electrons. The van der Waals surface area contributed by atoms with E-state index in [1.165, 1.54) is 77.5 Å². The Morgan fingerprint density at radius 3 is 1.54 bits per heavy atom. The monoisotopic (exact) mass is 727 g/mol. The molecular formula is C56H41N. The molecule has 0 saturated carbocycles. The fraction of sp³-hybridized carbons (Fsp3) is 0.0714. The van der Waals surface area contributed by atoms with E-state index in [0.29, 0.717) is 0 Å². The van der Waals surface area contributed by atoms with Crippen LogP contribution in [0.3, 0.4) is 0 Å². The van der Waals surface area contributed by atoms with E-state index in [1.54, 1.807) is 0 Å². The van der Waals surface area contributed by atoms with Gasteiger partial charge in [-0.3, -0.25) is 0 Å². The molecule has 0 aliphatic heterocycles. The maximum atomic E-state index is 2.40. The summed E-state index contributed by atoms with van der Waals surface area (Å²) in [5.41, 5.74) is 18.5. The lowest BCUT2D eigenvalue weighted by Gasteiger charge is -2.42. The van der Waals surface area contributed by atoms with Crippen molar-refractivity contribution in [2.24, 2.45) is 0 Å². The summed E-state index contributed by atoms with van der Waals surface area (Å²) in [5, 5.41) is 2.61. The second kappa shape index (κ2) is 12.8. The SMILES string of the molecule is CC1(C)c2ccccc2-c2ccc(N(c3ccccc3)c3ccc(-c4ccc(C5(c6ccccc6)c6ccccc6-c6cccc7cccc5c67)cc4)cc3)cc21. The smallest absolute Gasteiger partial charge is 0.0713 e. The van der Waals surface area contributed by atoms with Gasteiger partial charge in [0.2, 0.25) is 0 Å². The third-order valence-electron chi connectivity index (χ3n) is 12.8. The third-order valence-corrected chi connectivity index (χ3v) is 12.8. The summed E-state index contributed by atoms with van der Waals surface area (Å²) in [7, 11) is 0. The van der Waals surface area contributed by atoms with Crippen LogP contribution in [0.1, 0.15) is 47.2 Å². The van der Waals surface area contributed by atoms with Gasteiger partial charge in [0.1, 0.15) is 0 Å². The van der Waals surface area contributed by atoms with E-state index in [1.807, 2.05) is 0 Å². The van der Waals surface area contributed by atoms with Crippen LogP contribution in [0, 0.1) is 0 Å². The number of hydrogen-bond acceptors (Lipinski definition) is 1. The lowest BCUT2D eigenvalue weighted by Crippen LogP contribution is -2.33. The molecule has 1 unspecified atom stereocenters. The normalized spacial score (nSPS) is 15.8. The first-order chi connectivity index (χ1) is 28.0. The van der Waals surface area contributed by atoms with Crippen LogP contribution < -0.4 is 4.90 Å². The number of anilines is 3. The standard InChI is InChI=1S/C56H41N/c1-55(2)50-24-11-9-21-46(50)48-36-35-45(37-53(48)55)57(43-19-7-4-8-20-43)44-33-29-39(30-34-44)38-27-31-42(32-28-38)56(41-17-5-3-6-18-41)51-25-12-10-22-47(51)49-23-13-15-40-16-14-26-52(56)54(40)49/h3-37H,1-2H3. The van der Waals surface area contributed by atoms with Crippen molar-refractivity contribution in [3.8, 4) is 33.4 Å². The minimum Gasteiger partial charge on any atom is -0.310 e. The second-order valence-corrected chi connectivity index (χ2v) is 16.1. The number of rotatable bonds is 6. The molecule has 9 aromatic rings. The highest BCUT2D eigenvalue weighted by Crippen LogP contribution is 2.55. The molecule has 2 aliphatic rings. The number of nitrogens with zero attached hydrogens (tertiary/aromatic N) is 1. The van der Waals surface area contributed by atoms with E-state index < -0.39 is 5.41 Å². The van der Waals surface area contributed by atoms with Crippen molar-refractivity contribution in [3.63, 3.8) is 0 Å². The molecule has 1 nitrogen and oxygen atoms in total. The van der Waals surface area contributed by atoms with Gasteiger partial charge in [0.15, 0.2) is 0 Å². The Kier molecular flexibility index (Phi) is 7.50. The number of hydrogen-bond donors (Lipinski definition) is 0. The molecule has 0 aromatic heterocycles. The number of benzene rings is 9. The van der Waals surface area contributed by atoms with Gasteiger partial charge in [0.05, 0.1) is 5.41 Å². The summed E-state index contributed by atoms with van der Waals surface area (Å²) in [4.78, 5) is 2.38. The van der Waals surface area contributed by atoms with Crippen molar-refractivity contribution < 1.29 is 0 Å². The molecule has 0 spiro atoms. The Balaban J connectivity index is 1.01. The average molecular weight is 728 g/mol. The van der Waals surface area contributed by atoms with Gasteiger partial charge >= 0.3 is 0 Å². The summed E-state index contributed by atoms with van der Waals surface area (Å²) in [6.45, 7) is 4.70. The molecule has 1 heteroatoms. The van der Waals surface area contributed by atoms with Crippen LogP contribution in [-0.2, 0) is 10.8 Å². The van der Waals surface area contributed by atoms with E-state index in [-0.39, 0.29) is 5.41 Å². The molecule has 57 heavy (non-hydrogen) atoms. The largest absolute Gasteiger partial charge is 0.310 e. The van der Waals surface area contributed by atoms with Crippen LogP contribution in [0.5, 0.6) is 0 Å². The van der Waals surface area contributed by atoms with Gasteiger partial charge < -0.3 is 4.90 Å². The highest BCUT2D eigenvalue weighted by Gasteiger charge is 2.44. The number of para-hydroxylation sites is 1. The lowest BCUT2D eigenvalue weighted by atomic mass is 9.59. The molecule has 0 saturated heterocycles. The Hall–Kier alpha value is -6.96. The van der Waals surface area contributed by atoms with E-state index in [2.05, 4.69) is 231 Å². The maximum Gasteiger partial charge on any atom is 0.0713 e. The van der Waals surface area contributed by atoms with Gasteiger partial charge in [-0.05, 0) is 114 Å². The molecule has 270 valence electrons. The van der Waals surface area contributed by atoms with Crippen molar-refractivity contribution >= 4 is 27.8 Å². The molecule has 0 fully saturated rings. The van der Waals surface area contributed by atoms with E-state index in [4.69, 9.17) is 0 Å². The molecule has 9 aromatic carbocycles. The zero-order chi connectivity index (χ0) is 38.1. The lowest BCUT2D eigenvalue weighted by molar-refractivity contribution is 0.660. The van der Waals surface area contributed by atoms with Crippen molar-refractivity contribution in [1.29, 1.82) is 0 Å². The molecular weight excluding hydrogens is 687 g/mol. The summed E-state index contributed by atoms with van der Waals surface area (Å²) >= 11 is 0. The van der Waals surface area contributed by atoms with Crippen LogP contribution in [0.25, 0.3) is 44.2 Å². The van der Waals surface area contributed by atoms with Crippen LogP contribution in [-0.4, -0.2) is 0 Å². The van der Waals surface area contributed by atoms with E-state index >= 15 is 0 Å². The zero-order valence-corrected chi connectivity index (χ0v) is 32.2. The molecule has 0 bridgehead atoms. The van der Waals surface area contributed by atoms with Gasteiger partial charge in [-0.2, -0.15) is 0 Å². The maximum absolute atomic E-state index is 2.40. The Morgan fingerprint density at radius 2 is 0.825 bits per heavy atom. The summed E-state index contributed by atoms with van der Waals surface area (Å²) in [6.07, 6.45) is 0. The number of fused-ring (bicyclic) bond motifs is 5. The summed E-state index contributed by atoms with van der Waals surface area (Å²) < 4.78 is 0. The van der Waals surface area contributed by atoms with Crippen molar-refractivity contribution in [1.82, 2.24) is 0 Å². The molecule has 1 atom stereocenters. The second-order valence-electron chi connectivity index (χ2n) is 16.1. The zero-order valence-electron chi connectivity index (χ0n) is 32.2. The molecule has 0 N–H and O–H groups in total. The van der Waals surface area contributed by atoms with Crippen LogP contribution in [0.4, 0.5) is 17.1 Å². The minimum absolute atomic E-state index is 0.0744. The molecule has 0 heterocycles. The predicted molar refractivity (Wildman–Crippen MR) is 239 cm³/mol. The van der Waals surface area contributed by atoms with Gasteiger partial charge in [-0.25, -0.2) is 0 Å².